The van der Waals surface area contributed by atoms with Crippen LogP contribution in [-0.4, -0.2) is 17.5 Å². The Balaban J connectivity index is 2.93. The summed E-state index contributed by atoms with van der Waals surface area (Å²) in [5.74, 6) is 0. The molecule has 0 saturated carbocycles. The van der Waals surface area contributed by atoms with E-state index in [1.54, 1.807) is 0 Å². The van der Waals surface area contributed by atoms with Crippen LogP contribution in [0, 0.1) is 3.57 Å². The molecule has 0 aliphatic rings. The van der Waals surface area contributed by atoms with E-state index >= 15 is 0 Å². The summed E-state index contributed by atoms with van der Waals surface area (Å²) < 4.78 is 5.10. The van der Waals surface area contributed by atoms with Gasteiger partial charge in [-0.05, 0) is 67.3 Å². The van der Waals surface area contributed by atoms with Gasteiger partial charge in [-0.2, -0.15) is 0 Å². The lowest BCUT2D eigenvalue weighted by Crippen LogP contribution is -2.52. The van der Waals surface area contributed by atoms with E-state index in [4.69, 9.17) is 4.98 Å². The molecule has 0 bridgehead atoms. The Kier molecular flexibility index (Phi) is 5.25. The van der Waals surface area contributed by atoms with E-state index in [0.29, 0.717) is 16.6 Å². The topological polar surface area (TPSA) is 17.8 Å². The lowest BCUT2D eigenvalue weighted by molar-refractivity contribution is 0.765. The van der Waals surface area contributed by atoms with Gasteiger partial charge in [-0.25, -0.2) is 4.98 Å². The van der Waals surface area contributed by atoms with E-state index in [1.807, 2.05) is 12.3 Å². The molecule has 5 heteroatoms. The highest BCUT2D eigenvalue weighted by molar-refractivity contribution is 14.1. The second-order valence-electron chi connectivity index (χ2n) is 6.67. The molecule has 2 nitrogen and oxygen atoms in total. The zero-order chi connectivity index (χ0) is 15.9. The zero-order valence-corrected chi connectivity index (χ0v) is 18.4. The number of aromatic nitrogens is 2. The van der Waals surface area contributed by atoms with Crippen LogP contribution in [0.5, 0.6) is 0 Å². The van der Waals surface area contributed by atoms with Crippen LogP contribution in [-0.2, 0) is 0 Å². The molecule has 0 amide bonds. The van der Waals surface area contributed by atoms with Crippen molar-refractivity contribution in [1.29, 1.82) is 0 Å². The minimum Gasteiger partial charge on any atom is -0.346 e. The molecule has 2 rings (SSSR count). The number of halogens is 2. The third-order valence-corrected chi connectivity index (χ3v) is 14.4. The average molecular weight is 479 g/mol. The molecule has 21 heavy (non-hydrogen) atoms. The van der Waals surface area contributed by atoms with Gasteiger partial charge in [0.15, 0.2) is 8.24 Å². The highest BCUT2D eigenvalue weighted by atomic mass is 127. The Morgan fingerprint density at radius 2 is 1.62 bits per heavy atom. The molecule has 0 fully saturated rings. The van der Waals surface area contributed by atoms with Crippen LogP contribution in [0.4, 0.5) is 0 Å². The molecule has 0 saturated heterocycles. The molecule has 2 aromatic rings. The Labute approximate surface area is 151 Å². The van der Waals surface area contributed by atoms with E-state index in [0.717, 1.165) is 5.65 Å². The first-order valence-electron chi connectivity index (χ1n) is 7.57. The summed E-state index contributed by atoms with van der Waals surface area (Å²) in [7, 11) is -1.79. The average Bonchev–Trinajstić information content (AvgIpc) is 2.64. The molecular weight excluding hydrogens is 455 g/mol. The highest BCUT2D eigenvalue weighted by Crippen LogP contribution is 2.47. The van der Waals surface area contributed by atoms with Crippen molar-refractivity contribution in [2.24, 2.45) is 0 Å². The first kappa shape index (κ1) is 17.5. The standard InChI is InChI=1S/C16H24BrIN2Si/c1-10(2)21(11(3)4,12(5)6)20-15(17)14(18)13-8-7-9-19-16(13)20/h7-12H,1-6H3. The quantitative estimate of drug-likeness (QED) is 0.365. The lowest BCUT2D eigenvalue weighted by Gasteiger charge is -2.44. The summed E-state index contributed by atoms with van der Waals surface area (Å²) in [6.45, 7) is 14.3. The molecule has 0 spiro atoms. The summed E-state index contributed by atoms with van der Waals surface area (Å²) in [5.41, 5.74) is 3.11. The van der Waals surface area contributed by atoms with Crippen LogP contribution in [0.2, 0.25) is 16.6 Å². The number of pyridine rings is 1. The fourth-order valence-corrected chi connectivity index (χ4v) is 12.9. The predicted molar refractivity (Wildman–Crippen MR) is 107 cm³/mol. The summed E-state index contributed by atoms with van der Waals surface area (Å²) in [5, 5.41) is 1.27. The van der Waals surface area contributed by atoms with Gasteiger partial charge in [0.05, 0.1) is 8.17 Å². The van der Waals surface area contributed by atoms with Gasteiger partial charge in [0.2, 0.25) is 0 Å². The third kappa shape index (κ3) is 2.53. The molecule has 0 radical (unpaired) electrons. The molecule has 0 N–H and O–H groups in total. The van der Waals surface area contributed by atoms with Crippen molar-refractivity contribution in [3.8, 4) is 0 Å². The predicted octanol–water partition coefficient (Wildman–Crippen LogP) is 6.43. The van der Waals surface area contributed by atoms with Crippen molar-refractivity contribution < 1.29 is 0 Å². The van der Waals surface area contributed by atoms with Gasteiger partial charge in [0.1, 0.15) is 5.65 Å². The van der Waals surface area contributed by atoms with Crippen LogP contribution in [0.3, 0.4) is 0 Å². The van der Waals surface area contributed by atoms with Crippen molar-refractivity contribution in [2.75, 3.05) is 0 Å². The minimum absolute atomic E-state index is 0.655. The van der Waals surface area contributed by atoms with Crippen molar-refractivity contribution in [2.45, 2.75) is 58.2 Å². The van der Waals surface area contributed by atoms with Crippen LogP contribution < -0.4 is 0 Å². The first-order chi connectivity index (χ1) is 9.76. The molecule has 116 valence electrons. The fraction of sp³-hybridized carbons (Fsp3) is 0.562. The van der Waals surface area contributed by atoms with E-state index in [9.17, 15) is 0 Å². The van der Waals surface area contributed by atoms with Crippen LogP contribution in [0.1, 0.15) is 41.5 Å². The number of fused-ring (bicyclic) bond motifs is 1. The number of hydrogen-bond acceptors (Lipinski definition) is 1. The Morgan fingerprint density at radius 3 is 2.10 bits per heavy atom. The summed E-state index contributed by atoms with van der Waals surface area (Å²) in [6, 6.07) is 4.22. The van der Waals surface area contributed by atoms with Crippen molar-refractivity contribution >= 4 is 57.8 Å². The fourth-order valence-electron chi connectivity index (χ4n) is 4.18. The molecule has 0 aromatic carbocycles. The second kappa shape index (κ2) is 6.32. The summed E-state index contributed by atoms with van der Waals surface area (Å²) in [4.78, 5) is 4.74. The van der Waals surface area contributed by atoms with Crippen LogP contribution in [0.25, 0.3) is 11.0 Å². The third-order valence-electron chi connectivity index (χ3n) is 4.77. The monoisotopic (exact) mass is 478 g/mol. The summed E-state index contributed by atoms with van der Waals surface area (Å²) >= 11 is 6.33. The van der Waals surface area contributed by atoms with Crippen molar-refractivity contribution in [1.82, 2.24) is 9.22 Å². The van der Waals surface area contributed by atoms with Crippen LogP contribution in [0.15, 0.2) is 22.9 Å². The van der Waals surface area contributed by atoms with Gasteiger partial charge in [-0.1, -0.05) is 41.5 Å². The molecule has 0 aliphatic heterocycles. The minimum atomic E-state index is -1.79. The Bertz CT molecular complexity index is 627. The van der Waals surface area contributed by atoms with E-state index in [-0.39, 0.29) is 0 Å². The maximum absolute atomic E-state index is 4.74. The molecule has 0 unspecified atom stereocenters. The van der Waals surface area contributed by atoms with Gasteiger partial charge >= 0.3 is 0 Å². The van der Waals surface area contributed by atoms with Gasteiger partial charge in [0, 0.05) is 11.6 Å². The summed E-state index contributed by atoms with van der Waals surface area (Å²) in [6.07, 6.45) is 1.92. The lowest BCUT2D eigenvalue weighted by atomic mass is 10.3. The molecule has 2 aromatic heterocycles. The number of nitrogens with zero attached hydrogens (tertiary/aromatic N) is 2. The van der Waals surface area contributed by atoms with E-state index in [2.05, 4.69) is 90.4 Å². The van der Waals surface area contributed by atoms with Gasteiger partial charge < -0.3 is 4.23 Å². The number of hydrogen-bond donors (Lipinski definition) is 0. The maximum atomic E-state index is 4.74. The number of rotatable bonds is 4. The molecule has 2 heterocycles. The second-order valence-corrected chi connectivity index (χ2v) is 14.2. The van der Waals surface area contributed by atoms with Crippen LogP contribution >= 0.6 is 38.5 Å². The molecule has 0 atom stereocenters. The smallest absolute Gasteiger partial charge is 0.172 e. The van der Waals surface area contributed by atoms with E-state index in [1.165, 1.54) is 13.6 Å². The Hall–Kier alpha value is 0.117. The molecular formula is C16H24BrIN2Si. The normalized spacial score (nSPS) is 13.1. The van der Waals surface area contributed by atoms with E-state index < -0.39 is 8.24 Å². The van der Waals surface area contributed by atoms with Gasteiger partial charge in [-0.15, -0.1) is 0 Å². The Morgan fingerprint density at radius 1 is 1.10 bits per heavy atom. The van der Waals surface area contributed by atoms with Crippen molar-refractivity contribution in [3.63, 3.8) is 0 Å². The maximum Gasteiger partial charge on any atom is 0.172 e. The molecule has 0 aliphatic carbocycles. The zero-order valence-electron chi connectivity index (χ0n) is 13.6. The highest BCUT2D eigenvalue weighted by Gasteiger charge is 2.47. The SMILES string of the molecule is CC(C)[Si](C(C)C)(C(C)C)n1c(Br)c(I)c2cccnc21. The first-order valence-corrected chi connectivity index (χ1v) is 11.6. The largest absolute Gasteiger partial charge is 0.346 e. The van der Waals surface area contributed by atoms with Crippen molar-refractivity contribution in [3.05, 3.63) is 26.5 Å². The van der Waals surface area contributed by atoms with Gasteiger partial charge in [0.25, 0.3) is 0 Å². The van der Waals surface area contributed by atoms with Gasteiger partial charge in [-0.3, -0.25) is 0 Å².